The number of rotatable bonds is 8. The van der Waals surface area contributed by atoms with Gasteiger partial charge in [0.1, 0.15) is 11.5 Å². The first-order chi connectivity index (χ1) is 13.5. The predicted octanol–water partition coefficient (Wildman–Crippen LogP) is 2.63. The second-order valence-corrected chi connectivity index (χ2v) is 9.48. The largest absolute Gasteiger partial charge is 0.365 e. The van der Waals surface area contributed by atoms with E-state index in [1.807, 2.05) is 0 Å². The standard InChI is InChI=1S/C21H27N3O2S2/c1-3-10-24-11-8-16-17(13-24)28-21(19(16)20(22)26)23-18(25)9-12-27-15-6-4-14(2)5-7-15/h4-7H,3,8-13H2,1-2H3,(H2,22,26)(H,23,25)/p+1. The van der Waals surface area contributed by atoms with Crippen LogP contribution in [0.25, 0.3) is 0 Å². The van der Waals surface area contributed by atoms with Crippen LogP contribution < -0.4 is 16.0 Å². The Hall–Kier alpha value is -1.83. The van der Waals surface area contributed by atoms with Crippen molar-refractivity contribution in [2.24, 2.45) is 5.73 Å². The summed E-state index contributed by atoms with van der Waals surface area (Å²) in [5.74, 6) is 0.180. The van der Waals surface area contributed by atoms with E-state index in [9.17, 15) is 9.59 Å². The number of carbonyl (C=O) groups is 2. The molecule has 1 aromatic heterocycles. The van der Waals surface area contributed by atoms with Gasteiger partial charge in [-0.25, -0.2) is 0 Å². The fourth-order valence-electron chi connectivity index (χ4n) is 3.54. The van der Waals surface area contributed by atoms with Crippen LogP contribution in [0, 0.1) is 6.92 Å². The van der Waals surface area contributed by atoms with Crippen LogP contribution >= 0.6 is 23.1 Å². The Balaban J connectivity index is 1.62. The number of amides is 2. The lowest BCUT2D eigenvalue weighted by molar-refractivity contribution is -0.915. The van der Waals surface area contributed by atoms with Gasteiger partial charge in [-0.2, -0.15) is 0 Å². The SMILES string of the molecule is CCC[NH+]1CCc2c(sc(NC(=O)CCSc3ccc(C)cc3)c2C(N)=O)C1. The van der Waals surface area contributed by atoms with Crippen molar-refractivity contribution in [2.75, 3.05) is 24.2 Å². The van der Waals surface area contributed by atoms with Crippen molar-refractivity contribution in [3.8, 4) is 0 Å². The number of benzene rings is 1. The van der Waals surface area contributed by atoms with E-state index in [-0.39, 0.29) is 5.91 Å². The van der Waals surface area contributed by atoms with Gasteiger partial charge in [0.15, 0.2) is 0 Å². The summed E-state index contributed by atoms with van der Waals surface area (Å²) < 4.78 is 0. The topological polar surface area (TPSA) is 76.6 Å². The quantitative estimate of drug-likeness (QED) is 0.577. The Morgan fingerprint density at radius 3 is 2.71 bits per heavy atom. The average Bonchev–Trinajstić information content (AvgIpc) is 3.00. The average molecular weight is 419 g/mol. The molecule has 28 heavy (non-hydrogen) atoms. The van der Waals surface area contributed by atoms with Gasteiger partial charge in [-0.1, -0.05) is 24.6 Å². The lowest BCUT2D eigenvalue weighted by Gasteiger charge is -2.23. The number of hydrogen-bond donors (Lipinski definition) is 3. The van der Waals surface area contributed by atoms with E-state index in [2.05, 4.69) is 43.4 Å². The Labute approximate surface area is 174 Å². The van der Waals surface area contributed by atoms with Crippen molar-refractivity contribution >= 4 is 39.9 Å². The molecule has 1 aromatic carbocycles. The minimum Gasteiger partial charge on any atom is -0.365 e. The first kappa shape index (κ1) is 20.9. The summed E-state index contributed by atoms with van der Waals surface area (Å²) in [6.45, 7) is 7.29. The molecule has 2 aromatic rings. The molecule has 1 aliphatic heterocycles. The molecular weight excluding hydrogens is 390 g/mol. The molecule has 0 saturated heterocycles. The summed E-state index contributed by atoms with van der Waals surface area (Å²) in [5, 5.41) is 3.57. The monoisotopic (exact) mass is 418 g/mol. The van der Waals surface area contributed by atoms with Gasteiger partial charge in [0.05, 0.1) is 23.5 Å². The van der Waals surface area contributed by atoms with Crippen molar-refractivity contribution in [3.05, 3.63) is 45.8 Å². The summed E-state index contributed by atoms with van der Waals surface area (Å²) in [4.78, 5) is 28.3. The highest BCUT2D eigenvalue weighted by Crippen LogP contribution is 2.34. The van der Waals surface area contributed by atoms with E-state index in [1.54, 1.807) is 11.8 Å². The van der Waals surface area contributed by atoms with Crippen molar-refractivity contribution in [1.29, 1.82) is 0 Å². The van der Waals surface area contributed by atoms with Gasteiger partial charge in [-0.05, 0) is 31.0 Å². The number of fused-ring (bicyclic) bond motifs is 1. The van der Waals surface area contributed by atoms with E-state index in [1.165, 1.54) is 26.7 Å². The molecule has 1 aliphatic rings. The Morgan fingerprint density at radius 2 is 2.04 bits per heavy atom. The molecule has 150 valence electrons. The van der Waals surface area contributed by atoms with Crippen LogP contribution in [-0.4, -0.2) is 30.7 Å². The number of anilines is 1. The van der Waals surface area contributed by atoms with E-state index in [0.717, 1.165) is 42.9 Å². The summed E-state index contributed by atoms with van der Waals surface area (Å²) >= 11 is 3.18. The maximum absolute atomic E-state index is 12.4. The molecule has 0 radical (unpaired) electrons. The second-order valence-electron chi connectivity index (χ2n) is 7.21. The zero-order valence-electron chi connectivity index (χ0n) is 16.5. The molecule has 3 rings (SSSR count). The zero-order valence-corrected chi connectivity index (χ0v) is 18.1. The maximum atomic E-state index is 12.4. The predicted molar refractivity (Wildman–Crippen MR) is 116 cm³/mol. The minimum absolute atomic E-state index is 0.0709. The summed E-state index contributed by atoms with van der Waals surface area (Å²) in [5.41, 5.74) is 8.44. The van der Waals surface area contributed by atoms with Crippen LogP contribution in [0.1, 0.15) is 46.1 Å². The third-order valence-corrected chi connectivity index (χ3v) is 7.11. The fraction of sp³-hybridized carbons (Fsp3) is 0.429. The molecule has 1 unspecified atom stereocenters. The molecule has 0 aliphatic carbocycles. The maximum Gasteiger partial charge on any atom is 0.252 e. The first-order valence-electron chi connectivity index (χ1n) is 9.75. The number of nitrogens with two attached hydrogens (primary N) is 1. The molecular formula is C21H28N3O2S2+. The summed E-state index contributed by atoms with van der Waals surface area (Å²) in [6.07, 6.45) is 2.38. The fourth-order valence-corrected chi connectivity index (χ4v) is 5.73. The lowest BCUT2D eigenvalue weighted by Crippen LogP contribution is -3.11. The normalized spacial score (nSPS) is 15.9. The van der Waals surface area contributed by atoms with Crippen molar-refractivity contribution in [1.82, 2.24) is 0 Å². The number of nitrogens with one attached hydrogen (secondary N) is 2. The van der Waals surface area contributed by atoms with Gasteiger partial charge in [-0.3, -0.25) is 9.59 Å². The Kier molecular flexibility index (Phi) is 7.15. The highest BCUT2D eigenvalue weighted by molar-refractivity contribution is 7.99. The number of quaternary nitrogens is 1. The highest BCUT2D eigenvalue weighted by atomic mass is 32.2. The molecule has 0 saturated carbocycles. The van der Waals surface area contributed by atoms with Crippen molar-refractivity contribution in [2.45, 2.75) is 44.6 Å². The molecule has 0 bridgehead atoms. The van der Waals surface area contributed by atoms with Crippen molar-refractivity contribution < 1.29 is 14.5 Å². The third kappa shape index (κ3) is 5.16. The molecule has 2 amide bonds. The van der Waals surface area contributed by atoms with E-state index >= 15 is 0 Å². The van der Waals surface area contributed by atoms with E-state index < -0.39 is 5.91 Å². The molecule has 1 atom stereocenters. The van der Waals surface area contributed by atoms with Crippen LogP contribution in [0.15, 0.2) is 29.2 Å². The number of primary amides is 1. The first-order valence-corrected chi connectivity index (χ1v) is 11.5. The van der Waals surface area contributed by atoms with Gasteiger partial charge in [0.25, 0.3) is 5.91 Å². The number of hydrogen-bond acceptors (Lipinski definition) is 4. The lowest BCUT2D eigenvalue weighted by atomic mass is 10.0. The second kappa shape index (κ2) is 9.58. The molecule has 5 nitrogen and oxygen atoms in total. The molecule has 0 fully saturated rings. The molecule has 4 N–H and O–H groups in total. The summed E-state index contributed by atoms with van der Waals surface area (Å²) in [6, 6.07) is 8.28. The van der Waals surface area contributed by atoms with Gasteiger partial charge in [0.2, 0.25) is 5.91 Å². The van der Waals surface area contributed by atoms with Crippen LogP contribution in [-0.2, 0) is 17.8 Å². The van der Waals surface area contributed by atoms with Gasteiger partial charge in [-0.15, -0.1) is 23.1 Å². The van der Waals surface area contributed by atoms with Crippen molar-refractivity contribution in [3.63, 3.8) is 0 Å². The van der Waals surface area contributed by atoms with Gasteiger partial charge in [0, 0.05) is 23.5 Å². The highest BCUT2D eigenvalue weighted by Gasteiger charge is 2.29. The Morgan fingerprint density at radius 1 is 1.29 bits per heavy atom. The molecule has 7 heteroatoms. The Bertz CT molecular complexity index is 846. The number of thiophene rings is 1. The minimum atomic E-state index is -0.444. The van der Waals surface area contributed by atoms with Gasteiger partial charge < -0.3 is 16.0 Å². The molecule has 2 heterocycles. The van der Waals surface area contributed by atoms with Crippen LogP contribution in [0.3, 0.4) is 0 Å². The van der Waals surface area contributed by atoms with E-state index in [0.29, 0.717) is 22.7 Å². The van der Waals surface area contributed by atoms with Gasteiger partial charge >= 0.3 is 0 Å². The smallest absolute Gasteiger partial charge is 0.252 e. The number of thioether (sulfide) groups is 1. The van der Waals surface area contributed by atoms with Crippen LogP contribution in [0.4, 0.5) is 5.00 Å². The molecule has 0 spiro atoms. The van der Waals surface area contributed by atoms with Crippen LogP contribution in [0.2, 0.25) is 0 Å². The third-order valence-electron chi connectivity index (χ3n) is 4.95. The zero-order chi connectivity index (χ0) is 20.1. The number of carbonyl (C=O) groups excluding carboxylic acids is 2. The number of aryl methyl sites for hydroxylation is 1. The van der Waals surface area contributed by atoms with Crippen LogP contribution in [0.5, 0.6) is 0 Å². The van der Waals surface area contributed by atoms with E-state index in [4.69, 9.17) is 5.73 Å². The summed E-state index contributed by atoms with van der Waals surface area (Å²) in [7, 11) is 0.